The quantitative estimate of drug-likeness (QED) is 0.635. The number of rotatable bonds is 2. The maximum atomic E-state index is 2.31. The van der Waals surface area contributed by atoms with Gasteiger partial charge in [0.15, 0.2) is 0 Å². The van der Waals surface area contributed by atoms with E-state index in [2.05, 4.69) is 50.6 Å². The minimum atomic E-state index is 0.680. The summed E-state index contributed by atoms with van der Waals surface area (Å²) in [4.78, 5) is 0. The molecule has 1 unspecified atom stereocenters. The molecule has 0 aliphatic heterocycles. The van der Waals surface area contributed by atoms with Gasteiger partial charge in [-0.25, -0.2) is 0 Å². The van der Waals surface area contributed by atoms with Crippen LogP contribution in [0.3, 0.4) is 0 Å². The van der Waals surface area contributed by atoms with E-state index >= 15 is 0 Å². The van der Waals surface area contributed by atoms with Gasteiger partial charge in [-0.2, -0.15) is 0 Å². The number of hydrogen-bond donors (Lipinski definition) is 0. The predicted molar refractivity (Wildman–Crippen MR) is 57.6 cm³/mol. The standard InChI is InChI=1S/C13H15/c1-3-10(2)12-8-7-11-5-4-6-13(11)9-12/h4-10H,3H2,1-2H3. The van der Waals surface area contributed by atoms with Crippen LogP contribution in [0.15, 0.2) is 24.3 Å². The van der Waals surface area contributed by atoms with Crippen molar-refractivity contribution < 1.29 is 0 Å². The van der Waals surface area contributed by atoms with Gasteiger partial charge in [-0.15, -0.1) is 0 Å². The normalized spacial score (nSPS) is 15.8. The summed E-state index contributed by atoms with van der Waals surface area (Å²) >= 11 is 0. The Bertz CT molecular complexity index is 334. The zero-order chi connectivity index (χ0) is 9.26. The fraction of sp³-hybridized carbons (Fsp3) is 0.308. The molecule has 0 spiro atoms. The lowest BCUT2D eigenvalue weighted by Gasteiger charge is -2.10. The summed E-state index contributed by atoms with van der Waals surface area (Å²) in [6, 6.07) is 6.77. The van der Waals surface area contributed by atoms with Crippen LogP contribution < -0.4 is 0 Å². The number of fused-ring (bicyclic) bond motifs is 1. The molecule has 13 heavy (non-hydrogen) atoms. The first-order chi connectivity index (χ1) is 6.31. The van der Waals surface area contributed by atoms with Crippen LogP contribution in [0.1, 0.15) is 42.9 Å². The largest absolute Gasteiger partial charge is 0.0755 e. The molecular weight excluding hydrogens is 156 g/mol. The van der Waals surface area contributed by atoms with Gasteiger partial charge in [0.25, 0.3) is 0 Å². The third kappa shape index (κ3) is 1.53. The Labute approximate surface area is 80.3 Å². The summed E-state index contributed by atoms with van der Waals surface area (Å²) in [6.07, 6.45) is 7.67. The summed E-state index contributed by atoms with van der Waals surface area (Å²) < 4.78 is 0. The summed E-state index contributed by atoms with van der Waals surface area (Å²) in [7, 11) is 0. The van der Waals surface area contributed by atoms with Crippen molar-refractivity contribution >= 4 is 6.08 Å². The molecular formula is C13H15. The number of hydrogen-bond acceptors (Lipinski definition) is 0. The van der Waals surface area contributed by atoms with Crippen LogP contribution in [0.2, 0.25) is 0 Å². The molecule has 0 heterocycles. The fourth-order valence-corrected chi connectivity index (χ4v) is 1.69. The van der Waals surface area contributed by atoms with Crippen LogP contribution in [-0.4, -0.2) is 0 Å². The van der Waals surface area contributed by atoms with Crippen molar-refractivity contribution in [3.05, 3.63) is 47.4 Å². The van der Waals surface area contributed by atoms with Crippen molar-refractivity contribution in [3.63, 3.8) is 0 Å². The zero-order valence-electron chi connectivity index (χ0n) is 8.25. The van der Waals surface area contributed by atoms with Gasteiger partial charge < -0.3 is 0 Å². The third-order valence-electron chi connectivity index (χ3n) is 2.84. The molecule has 0 saturated carbocycles. The Balaban J connectivity index is 2.35. The second-order valence-corrected chi connectivity index (χ2v) is 3.72. The van der Waals surface area contributed by atoms with Gasteiger partial charge in [0.2, 0.25) is 0 Å². The summed E-state index contributed by atoms with van der Waals surface area (Å²) in [5.41, 5.74) is 4.19. The van der Waals surface area contributed by atoms with Gasteiger partial charge in [0.1, 0.15) is 0 Å². The van der Waals surface area contributed by atoms with E-state index in [9.17, 15) is 0 Å². The molecule has 67 valence electrons. The second kappa shape index (κ2) is 3.37. The van der Waals surface area contributed by atoms with Gasteiger partial charge in [-0.05, 0) is 29.0 Å². The highest BCUT2D eigenvalue weighted by Crippen LogP contribution is 2.26. The van der Waals surface area contributed by atoms with Crippen LogP contribution in [-0.2, 0) is 0 Å². The van der Waals surface area contributed by atoms with E-state index in [0.717, 1.165) is 0 Å². The van der Waals surface area contributed by atoms with Gasteiger partial charge in [-0.1, -0.05) is 44.2 Å². The summed E-state index contributed by atoms with van der Waals surface area (Å²) in [6.45, 7) is 4.52. The Morgan fingerprint density at radius 3 is 2.85 bits per heavy atom. The minimum absolute atomic E-state index is 0.680. The third-order valence-corrected chi connectivity index (χ3v) is 2.84. The van der Waals surface area contributed by atoms with E-state index in [0.29, 0.717) is 5.92 Å². The van der Waals surface area contributed by atoms with Gasteiger partial charge in [0, 0.05) is 6.42 Å². The molecule has 0 nitrogen and oxygen atoms in total. The topological polar surface area (TPSA) is 0 Å². The zero-order valence-corrected chi connectivity index (χ0v) is 8.25. The highest BCUT2D eigenvalue weighted by molar-refractivity contribution is 5.65. The Morgan fingerprint density at radius 2 is 2.08 bits per heavy atom. The molecule has 1 aliphatic rings. The summed E-state index contributed by atoms with van der Waals surface area (Å²) in [5.74, 6) is 0.680. The SMILES string of the molecule is CCC(C)c1ccc2c(c1)C=C[CH]2. The molecule has 2 rings (SSSR count). The van der Waals surface area contributed by atoms with Crippen LogP contribution >= 0.6 is 0 Å². The molecule has 0 fully saturated rings. The molecule has 1 radical (unpaired) electrons. The minimum Gasteiger partial charge on any atom is -0.0755 e. The molecule has 1 atom stereocenters. The van der Waals surface area contributed by atoms with Crippen LogP contribution in [0, 0.1) is 6.42 Å². The van der Waals surface area contributed by atoms with E-state index < -0.39 is 0 Å². The monoisotopic (exact) mass is 171 g/mol. The molecule has 0 bridgehead atoms. The van der Waals surface area contributed by atoms with E-state index in [4.69, 9.17) is 0 Å². The molecule has 0 amide bonds. The Hall–Kier alpha value is -1.04. The first-order valence-electron chi connectivity index (χ1n) is 4.96. The molecule has 0 saturated heterocycles. The van der Waals surface area contributed by atoms with E-state index in [-0.39, 0.29) is 0 Å². The lowest BCUT2D eigenvalue weighted by atomic mass is 9.95. The van der Waals surface area contributed by atoms with Crippen molar-refractivity contribution in [2.24, 2.45) is 0 Å². The van der Waals surface area contributed by atoms with E-state index in [1.165, 1.54) is 23.1 Å². The van der Waals surface area contributed by atoms with Crippen molar-refractivity contribution in [1.29, 1.82) is 0 Å². The highest BCUT2D eigenvalue weighted by atomic mass is 14.1. The maximum Gasteiger partial charge on any atom is 0.0131 e. The average Bonchev–Trinajstić information content (AvgIpc) is 2.63. The Kier molecular flexibility index (Phi) is 2.22. The highest BCUT2D eigenvalue weighted by Gasteiger charge is 2.08. The first-order valence-corrected chi connectivity index (χ1v) is 4.96. The fourth-order valence-electron chi connectivity index (χ4n) is 1.69. The number of benzene rings is 1. The van der Waals surface area contributed by atoms with Crippen molar-refractivity contribution in [2.45, 2.75) is 26.2 Å². The predicted octanol–water partition coefficient (Wildman–Crippen LogP) is 3.78. The molecule has 0 N–H and O–H groups in total. The van der Waals surface area contributed by atoms with E-state index in [1.807, 2.05) is 0 Å². The lowest BCUT2D eigenvalue weighted by Crippen LogP contribution is -1.92. The molecule has 1 aromatic carbocycles. The van der Waals surface area contributed by atoms with Crippen LogP contribution in [0.4, 0.5) is 0 Å². The van der Waals surface area contributed by atoms with Crippen LogP contribution in [0.5, 0.6) is 0 Å². The summed E-state index contributed by atoms with van der Waals surface area (Å²) in [5, 5.41) is 0. The lowest BCUT2D eigenvalue weighted by molar-refractivity contribution is 0.733. The average molecular weight is 171 g/mol. The smallest absolute Gasteiger partial charge is 0.0131 e. The van der Waals surface area contributed by atoms with Crippen LogP contribution in [0.25, 0.3) is 6.08 Å². The Morgan fingerprint density at radius 1 is 1.23 bits per heavy atom. The molecule has 0 heteroatoms. The molecule has 1 aliphatic carbocycles. The van der Waals surface area contributed by atoms with Gasteiger partial charge in [-0.3, -0.25) is 0 Å². The maximum absolute atomic E-state index is 2.31. The second-order valence-electron chi connectivity index (χ2n) is 3.72. The molecule has 0 aromatic heterocycles. The molecule has 1 aromatic rings. The van der Waals surface area contributed by atoms with Crippen molar-refractivity contribution in [1.82, 2.24) is 0 Å². The van der Waals surface area contributed by atoms with Gasteiger partial charge in [0.05, 0.1) is 0 Å². The van der Waals surface area contributed by atoms with Crippen molar-refractivity contribution in [3.8, 4) is 0 Å². The first kappa shape index (κ1) is 8.55. The van der Waals surface area contributed by atoms with Crippen molar-refractivity contribution in [2.75, 3.05) is 0 Å². The van der Waals surface area contributed by atoms with E-state index in [1.54, 1.807) is 0 Å². The number of allylic oxidation sites excluding steroid dienone is 1. The van der Waals surface area contributed by atoms with Gasteiger partial charge >= 0.3 is 0 Å².